The number of alkyl halides is 5. The molecule has 0 spiro atoms. The van der Waals surface area contributed by atoms with Crippen molar-refractivity contribution in [1.82, 2.24) is 39.3 Å². The van der Waals surface area contributed by atoms with Crippen LogP contribution in [-0.4, -0.2) is 45.2 Å². The number of carbonyl (C=O) groups is 1. The molecule has 0 saturated carbocycles. The summed E-state index contributed by atoms with van der Waals surface area (Å²) in [6, 6.07) is 1.27. The molecule has 2 atom stereocenters. The smallest absolute Gasteiger partial charge is 0.324 e. The average molecular weight is 587 g/mol. The Bertz CT molecular complexity index is 1830. The first-order chi connectivity index (χ1) is 19.8. The minimum atomic E-state index is -4.85. The molecule has 5 aromatic heterocycles. The van der Waals surface area contributed by atoms with E-state index in [0.717, 1.165) is 24.5 Å². The van der Waals surface area contributed by atoms with Crippen molar-refractivity contribution < 1.29 is 31.1 Å². The highest BCUT2D eigenvalue weighted by Gasteiger charge is 2.49. The standard InChI is InChI=1S/C26H19F6N9O/c1-24(17-4-7-40(38-17)25(2,28)29)10-14(15-12-35-19-9-18(27)39-41(19)21(15)24)23(42)37-13-8-16(26(30,31)32)20(36-11-13)22-33-5-3-6-34-22/h3-9,11-12,14H,10H2,1-2H3,(H,37,42)/t14-,24+/m1/s1. The topological polar surface area (TPSA) is 116 Å². The van der Waals surface area contributed by atoms with Gasteiger partial charge in [0.1, 0.15) is 5.69 Å². The lowest BCUT2D eigenvalue weighted by Gasteiger charge is -2.24. The second kappa shape index (κ2) is 9.32. The number of rotatable bonds is 5. The molecule has 0 unspecified atom stereocenters. The monoisotopic (exact) mass is 587 g/mol. The summed E-state index contributed by atoms with van der Waals surface area (Å²) in [7, 11) is 0. The molecule has 1 aliphatic rings. The maximum absolute atomic E-state index is 14.2. The summed E-state index contributed by atoms with van der Waals surface area (Å²) in [5.74, 6) is -2.88. The van der Waals surface area contributed by atoms with Gasteiger partial charge in [0.25, 0.3) is 0 Å². The number of amides is 1. The fraction of sp³-hybridized carbons (Fsp3) is 0.269. The van der Waals surface area contributed by atoms with Crippen LogP contribution in [-0.2, 0) is 22.4 Å². The number of nitrogens with one attached hydrogen (secondary N) is 1. The molecule has 0 aliphatic heterocycles. The highest BCUT2D eigenvalue weighted by molar-refractivity contribution is 5.97. The maximum atomic E-state index is 14.2. The number of carbonyl (C=O) groups excluding carboxylic acids is 1. The summed E-state index contributed by atoms with van der Waals surface area (Å²) in [5, 5.41) is 10.3. The highest BCUT2D eigenvalue weighted by Crippen LogP contribution is 2.50. The first-order valence-electron chi connectivity index (χ1n) is 12.4. The summed E-state index contributed by atoms with van der Waals surface area (Å²) in [6.07, 6.45) is 1.10. The molecule has 0 radical (unpaired) electrons. The Hall–Kier alpha value is -4.89. The number of pyridine rings is 1. The van der Waals surface area contributed by atoms with Crippen LogP contribution in [0, 0.1) is 5.95 Å². The number of halogens is 6. The fourth-order valence-corrected chi connectivity index (χ4v) is 5.22. The molecule has 1 N–H and O–H groups in total. The van der Waals surface area contributed by atoms with Gasteiger partial charge >= 0.3 is 12.2 Å². The van der Waals surface area contributed by atoms with Crippen molar-refractivity contribution in [2.24, 2.45) is 0 Å². The lowest BCUT2D eigenvalue weighted by Crippen LogP contribution is -2.27. The van der Waals surface area contributed by atoms with Crippen LogP contribution in [0.4, 0.5) is 32.0 Å². The summed E-state index contributed by atoms with van der Waals surface area (Å²) in [5.41, 5.74) is -2.35. The molecular formula is C26H19F6N9O. The van der Waals surface area contributed by atoms with Gasteiger partial charge in [-0.2, -0.15) is 31.4 Å². The molecule has 0 fully saturated rings. The van der Waals surface area contributed by atoms with Crippen LogP contribution in [0.25, 0.3) is 17.2 Å². The molecule has 42 heavy (non-hydrogen) atoms. The summed E-state index contributed by atoms with van der Waals surface area (Å²) >= 11 is 0. The number of hydrogen-bond acceptors (Lipinski definition) is 7. The van der Waals surface area contributed by atoms with E-state index in [9.17, 15) is 31.1 Å². The van der Waals surface area contributed by atoms with Gasteiger partial charge in [0, 0.05) is 43.3 Å². The Morgan fingerprint density at radius 1 is 1.05 bits per heavy atom. The normalized spacial score (nSPS) is 18.8. The largest absolute Gasteiger partial charge is 0.418 e. The van der Waals surface area contributed by atoms with Crippen molar-refractivity contribution in [3.63, 3.8) is 0 Å². The number of nitrogens with zero attached hydrogens (tertiary/aromatic N) is 8. The molecule has 16 heteroatoms. The minimum Gasteiger partial charge on any atom is -0.324 e. The first-order valence-corrected chi connectivity index (χ1v) is 12.4. The van der Waals surface area contributed by atoms with E-state index in [-0.39, 0.29) is 40.5 Å². The van der Waals surface area contributed by atoms with Crippen LogP contribution in [0.15, 0.2) is 55.2 Å². The van der Waals surface area contributed by atoms with Gasteiger partial charge in [-0.1, -0.05) is 0 Å². The Balaban J connectivity index is 1.40. The maximum Gasteiger partial charge on any atom is 0.418 e. The van der Waals surface area contributed by atoms with Gasteiger partial charge in [0.2, 0.25) is 11.9 Å². The van der Waals surface area contributed by atoms with Gasteiger partial charge in [-0.3, -0.25) is 9.78 Å². The van der Waals surface area contributed by atoms with Crippen molar-refractivity contribution in [3.05, 3.63) is 83.7 Å². The van der Waals surface area contributed by atoms with E-state index in [2.05, 4.69) is 35.5 Å². The average Bonchev–Trinajstić information content (AvgIpc) is 3.64. The highest BCUT2D eigenvalue weighted by atomic mass is 19.4. The quantitative estimate of drug-likeness (QED) is 0.290. The second-order valence-corrected chi connectivity index (χ2v) is 10.1. The second-order valence-electron chi connectivity index (χ2n) is 10.1. The number of hydrogen-bond donors (Lipinski definition) is 1. The van der Waals surface area contributed by atoms with E-state index >= 15 is 0 Å². The lowest BCUT2D eigenvalue weighted by atomic mass is 9.82. The first kappa shape index (κ1) is 27.3. The van der Waals surface area contributed by atoms with Gasteiger partial charge in [-0.05, 0) is 31.5 Å². The molecule has 0 bridgehead atoms. The van der Waals surface area contributed by atoms with Gasteiger partial charge in [-0.25, -0.2) is 24.1 Å². The molecule has 0 saturated heterocycles. The molecule has 216 valence electrons. The third-order valence-electron chi connectivity index (χ3n) is 7.10. The van der Waals surface area contributed by atoms with Crippen LogP contribution in [0.2, 0.25) is 0 Å². The molecule has 6 rings (SSSR count). The van der Waals surface area contributed by atoms with E-state index in [1.165, 1.54) is 35.2 Å². The zero-order valence-corrected chi connectivity index (χ0v) is 21.7. The number of anilines is 1. The SMILES string of the molecule is CC(F)(F)n1ccc([C@]2(C)C[C@@H](C(=O)Nc3cnc(-c4ncccn4)c(C(F)(F)F)c3)c3cnc4cc(F)nn4c32)n1. The van der Waals surface area contributed by atoms with Crippen molar-refractivity contribution in [2.45, 2.75) is 43.8 Å². The molecule has 1 aliphatic carbocycles. The predicted molar refractivity (Wildman–Crippen MR) is 134 cm³/mol. The van der Waals surface area contributed by atoms with Crippen LogP contribution in [0.5, 0.6) is 0 Å². The van der Waals surface area contributed by atoms with Gasteiger partial charge in [-0.15, -0.1) is 5.10 Å². The Morgan fingerprint density at radius 3 is 2.45 bits per heavy atom. The minimum absolute atomic E-state index is 0.0573. The molecular weight excluding hydrogens is 568 g/mol. The van der Waals surface area contributed by atoms with Crippen LogP contribution < -0.4 is 5.32 Å². The fourth-order valence-electron chi connectivity index (χ4n) is 5.22. The number of fused-ring (bicyclic) bond motifs is 3. The van der Waals surface area contributed by atoms with Crippen molar-refractivity contribution in [2.75, 3.05) is 5.32 Å². The van der Waals surface area contributed by atoms with Gasteiger partial charge < -0.3 is 5.32 Å². The summed E-state index contributed by atoms with van der Waals surface area (Å²) in [6.45, 7) is 2.30. The van der Waals surface area contributed by atoms with Crippen molar-refractivity contribution in [1.29, 1.82) is 0 Å². The summed E-state index contributed by atoms with van der Waals surface area (Å²) < 4.78 is 85.7. The Labute approximate surface area is 232 Å². The molecule has 1 amide bonds. The predicted octanol–water partition coefficient (Wildman–Crippen LogP) is 4.94. The van der Waals surface area contributed by atoms with Gasteiger partial charge in [0.05, 0.1) is 40.2 Å². The van der Waals surface area contributed by atoms with E-state index in [4.69, 9.17) is 0 Å². The van der Waals surface area contributed by atoms with E-state index in [0.29, 0.717) is 11.6 Å². The van der Waals surface area contributed by atoms with E-state index in [1.807, 2.05) is 0 Å². The molecule has 0 aromatic carbocycles. The van der Waals surface area contributed by atoms with Crippen LogP contribution in [0.3, 0.4) is 0 Å². The van der Waals surface area contributed by atoms with Crippen LogP contribution >= 0.6 is 0 Å². The lowest BCUT2D eigenvalue weighted by molar-refractivity contribution is -0.137. The van der Waals surface area contributed by atoms with Crippen molar-refractivity contribution in [3.8, 4) is 11.5 Å². The van der Waals surface area contributed by atoms with Crippen molar-refractivity contribution >= 4 is 17.2 Å². The zero-order valence-electron chi connectivity index (χ0n) is 21.7. The Kier molecular flexibility index (Phi) is 6.06. The molecule has 10 nitrogen and oxygen atoms in total. The Morgan fingerprint density at radius 2 is 1.79 bits per heavy atom. The van der Waals surface area contributed by atoms with E-state index < -0.39 is 46.7 Å². The van der Waals surface area contributed by atoms with E-state index in [1.54, 1.807) is 6.92 Å². The summed E-state index contributed by atoms with van der Waals surface area (Å²) in [4.78, 5) is 29.3. The number of aromatic nitrogens is 8. The molecule has 5 aromatic rings. The van der Waals surface area contributed by atoms with Crippen LogP contribution in [0.1, 0.15) is 48.7 Å². The third kappa shape index (κ3) is 4.52. The van der Waals surface area contributed by atoms with Gasteiger partial charge in [0.15, 0.2) is 11.5 Å². The third-order valence-corrected chi connectivity index (χ3v) is 7.10. The zero-order chi connectivity index (χ0) is 30.0. The molecule has 5 heterocycles.